The summed E-state index contributed by atoms with van der Waals surface area (Å²) in [6.07, 6.45) is 6.87. The number of rotatable bonds is 8. The Balaban J connectivity index is 1.35. The third-order valence-corrected chi connectivity index (χ3v) is 7.20. The van der Waals surface area contributed by atoms with E-state index in [1.165, 1.54) is 30.5 Å². The Morgan fingerprint density at radius 1 is 1.03 bits per heavy atom. The van der Waals surface area contributed by atoms with Crippen LogP contribution in [0.2, 0.25) is 0 Å². The van der Waals surface area contributed by atoms with Crippen molar-refractivity contribution in [3.63, 3.8) is 0 Å². The minimum absolute atomic E-state index is 0.0733. The molecule has 11 heteroatoms. The van der Waals surface area contributed by atoms with E-state index in [4.69, 9.17) is 4.74 Å². The molecule has 0 unspecified atom stereocenters. The first kappa shape index (κ1) is 24.6. The van der Waals surface area contributed by atoms with Gasteiger partial charge in [0.15, 0.2) is 11.6 Å². The highest BCUT2D eigenvalue weighted by Crippen LogP contribution is 2.34. The number of piperidine rings is 1. The fourth-order valence-corrected chi connectivity index (χ4v) is 5.05. The van der Waals surface area contributed by atoms with Gasteiger partial charge in [0.1, 0.15) is 5.75 Å². The molecular formula is C26H25FN6O3S. The highest BCUT2D eigenvalue weighted by molar-refractivity contribution is 7.92. The average molecular weight is 521 g/mol. The first-order valence-corrected chi connectivity index (χ1v) is 13.3. The molecule has 3 heterocycles. The van der Waals surface area contributed by atoms with Gasteiger partial charge in [0.2, 0.25) is 5.95 Å². The number of ether oxygens (including phenoxy) is 1. The van der Waals surface area contributed by atoms with Gasteiger partial charge >= 0.3 is 0 Å². The highest BCUT2D eigenvalue weighted by atomic mass is 32.2. The molecule has 9 nitrogen and oxygen atoms in total. The molecule has 0 aliphatic carbocycles. The van der Waals surface area contributed by atoms with Crippen LogP contribution in [0.15, 0.2) is 84.1 Å². The van der Waals surface area contributed by atoms with Gasteiger partial charge < -0.3 is 15.4 Å². The van der Waals surface area contributed by atoms with E-state index < -0.39 is 15.8 Å². The number of hydrogen-bond acceptors (Lipinski definition) is 8. The lowest BCUT2D eigenvalue weighted by Gasteiger charge is -2.23. The largest absolute Gasteiger partial charge is 0.453 e. The van der Waals surface area contributed by atoms with Gasteiger partial charge in [-0.25, -0.2) is 22.8 Å². The van der Waals surface area contributed by atoms with E-state index in [0.29, 0.717) is 23.0 Å². The zero-order valence-electron chi connectivity index (χ0n) is 19.8. The van der Waals surface area contributed by atoms with Gasteiger partial charge in [0, 0.05) is 37.2 Å². The van der Waals surface area contributed by atoms with Gasteiger partial charge in [-0.15, -0.1) is 0 Å². The Morgan fingerprint density at radius 2 is 1.89 bits per heavy atom. The van der Waals surface area contributed by atoms with Crippen LogP contribution in [0.25, 0.3) is 11.3 Å². The molecule has 1 fully saturated rings. The summed E-state index contributed by atoms with van der Waals surface area (Å²) in [5.41, 5.74) is 1.20. The van der Waals surface area contributed by atoms with Crippen molar-refractivity contribution in [3.8, 4) is 22.8 Å². The fourth-order valence-electron chi connectivity index (χ4n) is 3.98. The molecule has 0 bridgehead atoms. The number of nitrogens with zero attached hydrogens (tertiary/aromatic N) is 3. The zero-order valence-corrected chi connectivity index (χ0v) is 20.6. The molecule has 1 atom stereocenters. The third kappa shape index (κ3) is 6.01. The van der Waals surface area contributed by atoms with Crippen LogP contribution in [0.1, 0.15) is 12.8 Å². The molecule has 4 aromatic rings. The quantitative estimate of drug-likeness (QED) is 0.312. The van der Waals surface area contributed by atoms with E-state index >= 15 is 0 Å². The Bertz CT molecular complexity index is 1480. The lowest BCUT2D eigenvalue weighted by atomic mass is 10.1. The zero-order chi connectivity index (χ0) is 25.7. The summed E-state index contributed by atoms with van der Waals surface area (Å²) < 4.78 is 48.3. The summed E-state index contributed by atoms with van der Waals surface area (Å²) in [6.45, 7) is 1.84. The predicted molar refractivity (Wildman–Crippen MR) is 139 cm³/mol. The molecular weight excluding hydrogens is 495 g/mol. The summed E-state index contributed by atoms with van der Waals surface area (Å²) in [5.74, 6) is 0.0272. The number of halogens is 1. The van der Waals surface area contributed by atoms with E-state index in [0.717, 1.165) is 32.0 Å². The highest BCUT2D eigenvalue weighted by Gasteiger charge is 2.18. The lowest BCUT2D eigenvalue weighted by molar-refractivity contribution is 0.443. The van der Waals surface area contributed by atoms with E-state index in [1.54, 1.807) is 42.7 Å². The van der Waals surface area contributed by atoms with E-state index in [9.17, 15) is 12.8 Å². The first-order chi connectivity index (χ1) is 18.0. The monoisotopic (exact) mass is 520 g/mol. The third-order valence-electron chi connectivity index (χ3n) is 5.80. The normalized spacial score (nSPS) is 15.6. The lowest BCUT2D eigenvalue weighted by Crippen LogP contribution is -2.38. The molecule has 1 aliphatic rings. The maximum absolute atomic E-state index is 15.0. The maximum atomic E-state index is 15.0. The summed E-state index contributed by atoms with van der Waals surface area (Å²) in [6, 6.07) is 15.3. The van der Waals surface area contributed by atoms with Crippen LogP contribution in [-0.4, -0.2) is 42.5 Å². The second-order valence-electron chi connectivity index (χ2n) is 8.49. The van der Waals surface area contributed by atoms with Crippen molar-refractivity contribution in [3.05, 3.63) is 85.1 Å². The maximum Gasteiger partial charge on any atom is 0.261 e. The van der Waals surface area contributed by atoms with E-state index in [-0.39, 0.29) is 22.4 Å². The average Bonchev–Trinajstić information content (AvgIpc) is 2.92. The number of nitrogens with one attached hydrogen (secondary N) is 3. The molecule has 0 amide bonds. The molecule has 5 rings (SSSR count). The topological polar surface area (TPSA) is 118 Å². The van der Waals surface area contributed by atoms with Gasteiger partial charge in [-0.2, -0.15) is 0 Å². The van der Waals surface area contributed by atoms with Crippen LogP contribution in [0.5, 0.6) is 11.5 Å². The van der Waals surface area contributed by atoms with E-state index in [2.05, 4.69) is 30.3 Å². The molecule has 190 valence electrons. The van der Waals surface area contributed by atoms with Crippen LogP contribution in [-0.2, 0) is 10.0 Å². The van der Waals surface area contributed by atoms with Crippen LogP contribution < -0.4 is 20.1 Å². The Morgan fingerprint density at radius 3 is 2.68 bits per heavy atom. The number of pyridine rings is 1. The molecule has 2 aromatic carbocycles. The second-order valence-corrected chi connectivity index (χ2v) is 10.2. The summed E-state index contributed by atoms with van der Waals surface area (Å²) in [4.78, 5) is 13.2. The molecule has 1 saturated heterocycles. The van der Waals surface area contributed by atoms with Crippen molar-refractivity contribution in [2.75, 3.05) is 23.1 Å². The Hall–Kier alpha value is -4.09. The van der Waals surface area contributed by atoms with Crippen molar-refractivity contribution in [2.24, 2.45) is 0 Å². The minimum Gasteiger partial charge on any atom is -0.453 e. The van der Waals surface area contributed by atoms with Gasteiger partial charge in [-0.1, -0.05) is 18.2 Å². The van der Waals surface area contributed by atoms with Gasteiger partial charge in [-0.05, 0) is 55.8 Å². The van der Waals surface area contributed by atoms with Crippen molar-refractivity contribution in [1.29, 1.82) is 0 Å². The SMILES string of the molecule is O=S(=O)(Nc1ccc(Oc2ccncc2-c2ccnc(N[C@H]3CCCNC3)n2)c(F)c1)c1ccccc1. The predicted octanol–water partition coefficient (Wildman–Crippen LogP) is 4.43. The summed E-state index contributed by atoms with van der Waals surface area (Å²) >= 11 is 0. The van der Waals surface area contributed by atoms with Crippen molar-refractivity contribution in [1.82, 2.24) is 20.3 Å². The standard InChI is InChI=1S/C26H25FN6O3S/c27-22-15-18(33-37(34,35)20-6-2-1-3-7-20)8-9-25(22)36-24-11-13-29-17-21(24)23-10-14-30-26(32-23)31-19-5-4-12-28-16-19/h1-3,6-11,13-15,17,19,28,33H,4-5,12,16H2,(H,30,31,32)/t19-/m0/s1. The molecule has 0 radical (unpaired) electrons. The first-order valence-electron chi connectivity index (χ1n) is 11.8. The molecule has 2 aromatic heterocycles. The number of anilines is 2. The molecule has 0 saturated carbocycles. The molecule has 37 heavy (non-hydrogen) atoms. The van der Waals surface area contributed by atoms with E-state index in [1.807, 2.05) is 0 Å². The van der Waals surface area contributed by atoms with Crippen LogP contribution in [0, 0.1) is 5.82 Å². The Labute approximate surface area is 214 Å². The smallest absolute Gasteiger partial charge is 0.261 e. The second kappa shape index (κ2) is 10.9. The Kier molecular flexibility index (Phi) is 7.24. The molecule has 3 N–H and O–H groups in total. The molecule has 0 spiro atoms. The van der Waals surface area contributed by atoms with Crippen LogP contribution in [0.4, 0.5) is 16.0 Å². The number of hydrogen-bond donors (Lipinski definition) is 3. The van der Waals surface area contributed by atoms with Crippen LogP contribution >= 0.6 is 0 Å². The minimum atomic E-state index is -3.85. The number of sulfonamides is 1. The molecule has 1 aliphatic heterocycles. The van der Waals surface area contributed by atoms with Gasteiger partial charge in [0.25, 0.3) is 10.0 Å². The summed E-state index contributed by atoms with van der Waals surface area (Å²) in [7, 11) is -3.85. The van der Waals surface area contributed by atoms with Crippen molar-refractivity contribution >= 4 is 21.7 Å². The number of aromatic nitrogens is 3. The van der Waals surface area contributed by atoms with Gasteiger partial charge in [0.05, 0.1) is 21.8 Å². The van der Waals surface area contributed by atoms with Crippen molar-refractivity contribution < 1.29 is 17.5 Å². The number of benzene rings is 2. The van der Waals surface area contributed by atoms with Gasteiger partial charge in [-0.3, -0.25) is 9.71 Å². The summed E-state index contributed by atoms with van der Waals surface area (Å²) in [5, 5.41) is 6.69. The fraction of sp³-hybridized carbons (Fsp3) is 0.192. The van der Waals surface area contributed by atoms with Crippen molar-refractivity contribution in [2.45, 2.75) is 23.8 Å². The van der Waals surface area contributed by atoms with Crippen LogP contribution in [0.3, 0.4) is 0 Å².